The quantitative estimate of drug-likeness (QED) is 0.717. The van der Waals surface area contributed by atoms with Gasteiger partial charge in [0.2, 0.25) is 5.88 Å². The molecular formula is C9H10N2O3. The summed E-state index contributed by atoms with van der Waals surface area (Å²) in [6, 6.07) is 3.47. The van der Waals surface area contributed by atoms with Gasteiger partial charge >= 0.3 is 0 Å². The Morgan fingerprint density at radius 3 is 2.21 bits per heavy atom. The maximum absolute atomic E-state index is 8.77. The van der Waals surface area contributed by atoms with Crippen LogP contribution in [0.5, 0.6) is 17.5 Å². The standard InChI is InChI=1S/C9H10N2O3/c1-12-7-4-6(5-10)8(13-2)11-9(7)14-3/h4H,1-3H3. The summed E-state index contributed by atoms with van der Waals surface area (Å²) < 4.78 is 14.8. The van der Waals surface area contributed by atoms with Gasteiger partial charge in [0.25, 0.3) is 5.88 Å². The van der Waals surface area contributed by atoms with Crippen molar-refractivity contribution >= 4 is 0 Å². The highest BCUT2D eigenvalue weighted by atomic mass is 16.5. The molecular weight excluding hydrogens is 184 g/mol. The first-order valence-electron chi connectivity index (χ1n) is 3.84. The molecule has 0 N–H and O–H groups in total. The minimum absolute atomic E-state index is 0.227. The van der Waals surface area contributed by atoms with Gasteiger partial charge in [0.05, 0.1) is 21.3 Å². The number of rotatable bonds is 3. The number of methoxy groups -OCH3 is 3. The molecule has 0 atom stereocenters. The summed E-state index contributed by atoms with van der Waals surface area (Å²) in [5.41, 5.74) is 0.310. The third-order valence-corrected chi connectivity index (χ3v) is 1.65. The lowest BCUT2D eigenvalue weighted by atomic mass is 10.3. The van der Waals surface area contributed by atoms with Crippen molar-refractivity contribution in [3.05, 3.63) is 11.6 Å². The summed E-state index contributed by atoms with van der Waals surface area (Å²) in [7, 11) is 4.39. The van der Waals surface area contributed by atoms with Crippen LogP contribution in [0.15, 0.2) is 6.07 Å². The van der Waals surface area contributed by atoms with Crippen molar-refractivity contribution in [3.8, 4) is 23.6 Å². The normalized spacial score (nSPS) is 9.00. The van der Waals surface area contributed by atoms with Crippen LogP contribution in [0.25, 0.3) is 0 Å². The molecule has 14 heavy (non-hydrogen) atoms. The van der Waals surface area contributed by atoms with Crippen LogP contribution in [0.1, 0.15) is 5.56 Å². The summed E-state index contributed by atoms with van der Waals surface area (Å²) in [4.78, 5) is 3.96. The van der Waals surface area contributed by atoms with Gasteiger partial charge in [0.15, 0.2) is 5.75 Å². The first-order valence-corrected chi connectivity index (χ1v) is 3.84. The third-order valence-electron chi connectivity index (χ3n) is 1.65. The molecule has 0 unspecified atom stereocenters. The Morgan fingerprint density at radius 1 is 1.14 bits per heavy atom. The van der Waals surface area contributed by atoms with E-state index >= 15 is 0 Å². The topological polar surface area (TPSA) is 64.4 Å². The average Bonchev–Trinajstić information content (AvgIpc) is 2.26. The highest BCUT2D eigenvalue weighted by Crippen LogP contribution is 2.29. The lowest BCUT2D eigenvalue weighted by Crippen LogP contribution is -1.98. The fourth-order valence-corrected chi connectivity index (χ4v) is 0.990. The van der Waals surface area contributed by atoms with E-state index in [-0.39, 0.29) is 5.88 Å². The second-order valence-electron chi connectivity index (χ2n) is 2.37. The van der Waals surface area contributed by atoms with E-state index < -0.39 is 0 Å². The lowest BCUT2D eigenvalue weighted by Gasteiger charge is -2.08. The Bertz CT molecular complexity index is 371. The van der Waals surface area contributed by atoms with Gasteiger partial charge in [-0.3, -0.25) is 0 Å². The van der Waals surface area contributed by atoms with E-state index in [1.165, 1.54) is 27.4 Å². The van der Waals surface area contributed by atoms with Crippen LogP contribution in [0.4, 0.5) is 0 Å². The number of nitriles is 1. The predicted octanol–water partition coefficient (Wildman–Crippen LogP) is 0.979. The Morgan fingerprint density at radius 2 is 1.79 bits per heavy atom. The minimum atomic E-state index is 0.227. The summed E-state index contributed by atoms with van der Waals surface area (Å²) in [5.74, 6) is 0.929. The molecule has 5 heteroatoms. The molecule has 0 fully saturated rings. The number of aromatic nitrogens is 1. The fourth-order valence-electron chi connectivity index (χ4n) is 0.990. The zero-order chi connectivity index (χ0) is 10.6. The zero-order valence-electron chi connectivity index (χ0n) is 8.20. The molecule has 0 aliphatic carbocycles. The minimum Gasteiger partial charge on any atom is -0.491 e. The molecule has 0 spiro atoms. The van der Waals surface area contributed by atoms with Crippen molar-refractivity contribution in [3.63, 3.8) is 0 Å². The predicted molar refractivity (Wildman–Crippen MR) is 48.6 cm³/mol. The Kier molecular flexibility index (Phi) is 3.13. The smallest absolute Gasteiger partial charge is 0.260 e. The first kappa shape index (κ1) is 10.1. The Balaban J connectivity index is 3.30. The largest absolute Gasteiger partial charge is 0.491 e. The Labute approximate surface area is 81.8 Å². The lowest BCUT2D eigenvalue weighted by molar-refractivity contribution is 0.328. The van der Waals surface area contributed by atoms with Gasteiger partial charge < -0.3 is 14.2 Å². The van der Waals surface area contributed by atoms with Crippen molar-refractivity contribution < 1.29 is 14.2 Å². The molecule has 1 heterocycles. The molecule has 0 radical (unpaired) electrons. The van der Waals surface area contributed by atoms with Crippen LogP contribution in [-0.4, -0.2) is 26.3 Å². The molecule has 1 aromatic heterocycles. The van der Waals surface area contributed by atoms with E-state index in [1.807, 2.05) is 6.07 Å². The molecule has 0 aliphatic heterocycles. The maximum Gasteiger partial charge on any atom is 0.260 e. The highest BCUT2D eigenvalue weighted by molar-refractivity contribution is 5.48. The number of pyridine rings is 1. The van der Waals surface area contributed by atoms with Crippen molar-refractivity contribution in [1.82, 2.24) is 4.98 Å². The SMILES string of the molecule is COc1cc(C#N)c(OC)nc1OC. The van der Waals surface area contributed by atoms with Crippen molar-refractivity contribution in [2.24, 2.45) is 0 Å². The summed E-state index contributed by atoms with van der Waals surface area (Å²) >= 11 is 0. The molecule has 0 aromatic carbocycles. The van der Waals surface area contributed by atoms with Gasteiger partial charge in [0.1, 0.15) is 11.6 Å². The van der Waals surface area contributed by atoms with Crippen LogP contribution in [0.2, 0.25) is 0 Å². The van der Waals surface area contributed by atoms with E-state index in [2.05, 4.69) is 4.98 Å². The van der Waals surface area contributed by atoms with Crippen LogP contribution >= 0.6 is 0 Å². The van der Waals surface area contributed by atoms with E-state index in [0.717, 1.165) is 0 Å². The van der Waals surface area contributed by atoms with E-state index in [1.54, 1.807) is 0 Å². The number of hydrogen-bond acceptors (Lipinski definition) is 5. The molecule has 1 aromatic rings. The molecule has 5 nitrogen and oxygen atoms in total. The highest BCUT2D eigenvalue weighted by Gasteiger charge is 2.12. The van der Waals surface area contributed by atoms with Crippen molar-refractivity contribution in [2.75, 3.05) is 21.3 Å². The molecule has 74 valence electrons. The van der Waals surface area contributed by atoms with Gasteiger partial charge in [-0.25, -0.2) is 0 Å². The first-order chi connectivity index (χ1) is 6.76. The maximum atomic E-state index is 8.77. The van der Waals surface area contributed by atoms with Crippen LogP contribution in [-0.2, 0) is 0 Å². The zero-order valence-corrected chi connectivity index (χ0v) is 8.20. The van der Waals surface area contributed by atoms with E-state index in [9.17, 15) is 0 Å². The Hall–Kier alpha value is -1.96. The summed E-state index contributed by atoms with van der Waals surface area (Å²) in [6.07, 6.45) is 0. The van der Waals surface area contributed by atoms with Gasteiger partial charge in [-0.2, -0.15) is 10.2 Å². The molecule has 0 saturated heterocycles. The summed E-state index contributed by atoms with van der Waals surface area (Å²) in [5, 5.41) is 8.77. The van der Waals surface area contributed by atoms with E-state index in [4.69, 9.17) is 19.5 Å². The van der Waals surface area contributed by atoms with Gasteiger partial charge in [-0.15, -0.1) is 0 Å². The second kappa shape index (κ2) is 4.33. The average molecular weight is 194 g/mol. The second-order valence-corrected chi connectivity index (χ2v) is 2.37. The van der Waals surface area contributed by atoms with E-state index in [0.29, 0.717) is 17.2 Å². The van der Waals surface area contributed by atoms with Gasteiger partial charge in [0, 0.05) is 6.07 Å². The van der Waals surface area contributed by atoms with Crippen LogP contribution in [0.3, 0.4) is 0 Å². The van der Waals surface area contributed by atoms with Crippen LogP contribution < -0.4 is 14.2 Å². The number of ether oxygens (including phenoxy) is 3. The van der Waals surface area contributed by atoms with Gasteiger partial charge in [-0.05, 0) is 0 Å². The molecule has 0 aliphatic rings. The van der Waals surface area contributed by atoms with Crippen molar-refractivity contribution in [1.29, 1.82) is 5.26 Å². The fraction of sp³-hybridized carbons (Fsp3) is 0.333. The molecule has 0 amide bonds. The van der Waals surface area contributed by atoms with Crippen molar-refractivity contribution in [2.45, 2.75) is 0 Å². The van der Waals surface area contributed by atoms with Crippen LogP contribution in [0, 0.1) is 11.3 Å². The molecule has 0 bridgehead atoms. The number of hydrogen-bond donors (Lipinski definition) is 0. The summed E-state index contributed by atoms with van der Waals surface area (Å²) in [6.45, 7) is 0. The van der Waals surface area contributed by atoms with Gasteiger partial charge in [-0.1, -0.05) is 0 Å². The third kappa shape index (κ3) is 1.69. The number of nitrogens with zero attached hydrogens (tertiary/aromatic N) is 2. The molecule has 1 rings (SSSR count). The monoisotopic (exact) mass is 194 g/mol. The molecule has 0 saturated carbocycles.